The lowest BCUT2D eigenvalue weighted by atomic mass is 10.1. The topological polar surface area (TPSA) is 68.3 Å². The Kier molecular flexibility index (Phi) is 4.93. The van der Waals surface area contributed by atoms with Gasteiger partial charge < -0.3 is 20.1 Å². The van der Waals surface area contributed by atoms with Gasteiger partial charge in [0, 0.05) is 24.9 Å². The summed E-state index contributed by atoms with van der Waals surface area (Å²) in [5.74, 6) is 3.43. The van der Waals surface area contributed by atoms with Gasteiger partial charge in [0.15, 0.2) is 11.5 Å². The number of anilines is 1. The Morgan fingerprint density at radius 1 is 1.08 bits per heavy atom. The number of rotatable bonds is 3. The highest BCUT2D eigenvalue weighted by molar-refractivity contribution is 5.51. The van der Waals surface area contributed by atoms with Crippen LogP contribution in [-0.4, -0.2) is 36.3 Å². The molecule has 1 aromatic heterocycles. The third-order valence-electron chi connectivity index (χ3n) is 4.92. The van der Waals surface area contributed by atoms with E-state index >= 15 is 0 Å². The van der Waals surface area contributed by atoms with Crippen LogP contribution in [0.2, 0.25) is 0 Å². The third kappa shape index (κ3) is 3.60. The first kappa shape index (κ1) is 17.1. The van der Waals surface area contributed by atoms with Gasteiger partial charge in [-0.2, -0.15) is 0 Å². The lowest BCUT2D eigenvalue weighted by Gasteiger charge is -2.20. The molecule has 0 amide bonds. The number of hydrogen-bond donors (Lipinski definition) is 2. The van der Waals surface area contributed by atoms with Crippen LogP contribution in [0.25, 0.3) is 0 Å². The second-order valence-corrected chi connectivity index (χ2v) is 6.92. The van der Waals surface area contributed by atoms with Crippen molar-refractivity contribution in [1.29, 1.82) is 0 Å². The fourth-order valence-electron chi connectivity index (χ4n) is 3.53. The molecule has 26 heavy (non-hydrogen) atoms. The minimum atomic E-state index is 0.113. The van der Waals surface area contributed by atoms with E-state index in [0.717, 1.165) is 66.8 Å². The monoisotopic (exact) mass is 354 g/mol. The van der Waals surface area contributed by atoms with Crippen molar-refractivity contribution in [2.24, 2.45) is 0 Å². The van der Waals surface area contributed by atoms with E-state index in [1.54, 1.807) is 0 Å². The molecule has 0 aliphatic carbocycles. The zero-order chi connectivity index (χ0) is 17.9. The Morgan fingerprint density at radius 3 is 2.77 bits per heavy atom. The molecule has 0 unspecified atom stereocenters. The first-order valence-corrected chi connectivity index (χ1v) is 9.44. The van der Waals surface area contributed by atoms with E-state index in [1.807, 2.05) is 13.0 Å². The summed E-state index contributed by atoms with van der Waals surface area (Å²) in [6.07, 6.45) is 2.82. The summed E-state index contributed by atoms with van der Waals surface area (Å²) in [6.45, 7) is 7.46. The number of aryl methyl sites for hydroxylation is 1. The first-order valence-electron chi connectivity index (χ1n) is 9.44. The van der Waals surface area contributed by atoms with Gasteiger partial charge in [0.05, 0.1) is 24.9 Å². The lowest BCUT2D eigenvalue weighted by molar-refractivity contribution is 0.297. The maximum absolute atomic E-state index is 5.83. The van der Waals surface area contributed by atoms with E-state index in [1.165, 1.54) is 5.56 Å². The summed E-state index contributed by atoms with van der Waals surface area (Å²) in [7, 11) is 0. The molecule has 1 atom stereocenters. The quantitative estimate of drug-likeness (QED) is 0.883. The Labute approximate surface area is 154 Å². The zero-order valence-corrected chi connectivity index (χ0v) is 15.5. The van der Waals surface area contributed by atoms with Crippen molar-refractivity contribution in [1.82, 2.24) is 15.3 Å². The Bertz CT molecular complexity index is 794. The molecule has 0 bridgehead atoms. The number of nitrogens with one attached hydrogen (secondary N) is 2. The van der Waals surface area contributed by atoms with Crippen LogP contribution in [0.1, 0.15) is 42.0 Å². The van der Waals surface area contributed by atoms with Crippen LogP contribution in [0.5, 0.6) is 11.5 Å². The number of benzene rings is 1. The van der Waals surface area contributed by atoms with Crippen LogP contribution in [0, 0.1) is 6.92 Å². The molecule has 138 valence electrons. The van der Waals surface area contributed by atoms with Crippen molar-refractivity contribution in [3.63, 3.8) is 0 Å². The van der Waals surface area contributed by atoms with E-state index in [9.17, 15) is 0 Å². The van der Waals surface area contributed by atoms with Crippen molar-refractivity contribution < 1.29 is 9.47 Å². The maximum atomic E-state index is 5.83. The number of aromatic nitrogens is 2. The molecule has 0 spiro atoms. The number of hydrogen-bond acceptors (Lipinski definition) is 6. The standard InChI is InChI=1S/C20H26N4O2/c1-13(15-4-5-18-19(12-15)26-11-3-10-25-18)22-20-16-6-8-21-9-7-17(16)23-14(2)24-20/h4-5,12-13,21H,3,6-11H2,1-2H3,(H,22,23,24)/t13-/m1/s1. The minimum Gasteiger partial charge on any atom is -0.490 e. The van der Waals surface area contributed by atoms with E-state index in [4.69, 9.17) is 14.5 Å². The van der Waals surface area contributed by atoms with Gasteiger partial charge in [-0.1, -0.05) is 6.07 Å². The number of nitrogens with zero attached hydrogens (tertiary/aromatic N) is 2. The van der Waals surface area contributed by atoms with E-state index in [0.29, 0.717) is 13.2 Å². The molecule has 2 aliphatic heterocycles. The molecule has 0 radical (unpaired) electrons. The Hall–Kier alpha value is -2.34. The average Bonchev–Trinajstić information content (AvgIpc) is 3.01. The van der Waals surface area contributed by atoms with Gasteiger partial charge in [0.2, 0.25) is 0 Å². The number of fused-ring (bicyclic) bond motifs is 2. The van der Waals surface area contributed by atoms with Gasteiger partial charge in [0.25, 0.3) is 0 Å². The van der Waals surface area contributed by atoms with Gasteiger partial charge >= 0.3 is 0 Å². The largest absolute Gasteiger partial charge is 0.490 e. The van der Waals surface area contributed by atoms with Crippen LogP contribution < -0.4 is 20.1 Å². The van der Waals surface area contributed by atoms with Gasteiger partial charge in [-0.3, -0.25) is 0 Å². The molecular weight excluding hydrogens is 328 g/mol. The van der Waals surface area contributed by atoms with Crippen LogP contribution in [0.15, 0.2) is 18.2 Å². The van der Waals surface area contributed by atoms with Crippen LogP contribution >= 0.6 is 0 Å². The van der Waals surface area contributed by atoms with Crippen molar-refractivity contribution in [2.45, 2.75) is 39.2 Å². The average molecular weight is 354 g/mol. The number of ether oxygens (including phenoxy) is 2. The fourth-order valence-corrected chi connectivity index (χ4v) is 3.53. The molecule has 3 heterocycles. The summed E-state index contributed by atoms with van der Waals surface area (Å²) < 4.78 is 11.6. The van der Waals surface area contributed by atoms with Gasteiger partial charge in [0.1, 0.15) is 11.6 Å². The normalized spacial score (nSPS) is 17.6. The van der Waals surface area contributed by atoms with Crippen molar-refractivity contribution in [2.75, 3.05) is 31.6 Å². The highest BCUT2D eigenvalue weighted by atomic mass is 16.5. The lowest BCUT2D eigenvalue weighted by Crippen LogP contribution is -2.16. The molecule has 4 rings (SSSR count). The van der Waals surface area contributed by atoms with Crippen LogP contribution in [-0.2, 0) is 12.8 Å². The van der Waals surface area contributed by atoms with Gasteiger partial charge in [-0.05, 0) is 44.5 Å². The summed E-state index contributed by atoms with van der Waals surface area (Å²) >= 11 is 0. The molecule has 2 aliphatic rings. The zero-order valence-electron chi connectivity index (χ0n) is 15.5. The summed E-state index contributed by atoms with van der Waals surface area (Å²) in [5, 5.41) is 7.04. The molecular formula is C20H26N4O2. The van der Waals surface area contributed by atoms with Gasteiger partial charge in [-0.25, -0.2) is 9.97 Å². The Balaban J connectivity index is 1.59. The van der Waals surface area contributed by atoms with Crippen molar-refractivity contribution >= 4 is 5.82 Å². The predicted molar refractivity (Wildman–Crippen MR) is 101 cm³/mol. The van der Waals surface area contributed by atoms with Crippen LogP contribution in [0.3, 0.4) is 0 Å². The fraction of sp³-hybridized carbons (Fsp3) is 0.500. The summed E-state index contributed by atoms with van der Waals surface area (Å²) in [5.41, 5.74) is 3.56. The maximum Gasteiger partial charge on any atom is 0.161 e. The molecule has 1 aromatic carbocycles. The second-order valence-electron chi connectivity index (χ2n) is 6.92. The molecule has 2 aromatic rings. The smallest absolute Gasteiger partial charge is 0.161 e. The van der Waals surface area contributed by atoms with Crippen molar-refractivity contribution in [3.05, 3.63) is 40.8 Å². The Morgan fingerprint density at radius 2 is 1.88 bits per heavy atom. The molecule has 6 nitrogen and oxygen atoms in total. The SMILES string of the molecule is Cc1nc2c(c(N[C@H](C)c3ccc4c(c3)OCCCO4)n1)CCNCC2. The molecule has 0 fully saturated rings. The summed E-state index contributed by atoms with van der Waals surface area (Å²) in [6, 6.07) is 6.29. The van der Waals surface area contributed by atoms with Gasteiger partial charge in [-0.15, -0.1) is 0 Å². The first-order chi connectivity index (χ1) is 12.7. The minimum absolute atomic E-state index is 0.113. The van der Waals surface area contributed by atoms with E-state index in [-0.39, 0.29) is 6.04 Å². The third-order valence-corrected chi connectivity index (χ3v) is 4.92. The highest BCUT2D eigenvalue weighted by Gasteiger charge is 2.19. The predicted octanol–water partition coefficient (Wildman–Crippen LogP) is 2.81. The molecule has 6 heteroatoms. The van der Waals surface area contributed by atoms with Crippen molar-refractivity contribution in [3.8, 4) is 11.5 Å². The van der Waals surface area contributed by atoms with E-state index in [2.05, 4.69) is 34.7 Å². The molecule has 2 N–H and O–H groups in total. The van der Waals surface area contributed by atoms with E-state index < -0.39 is 0 Å². The highest BCUT2D eigenvalue weighted by Crippen LogP contribution is 2.33. The second kappa shape index (κ2) is 7.50. The summed E-state index contributed by atoms with van der Waals surface area (Å²) in [4.78, 5) is 9.34. The molecule has 0 saturated carbocycles. The molecule has 0 saturated heterocycles. The van der Waals surface area contributed by atoms with Crippen LogP contribution in [0.4, 0.5) is 5.82 Å².